The number of carbonyl (C=O) groups is 1. The van der Waals surface area contributed by atoms with Crippen LogP contribution in [0.3, 0.4) is 0 Å². The quantitative estimate of drug-likeness (QED) is 0.943. The molecule has 0 aromatic heterocycles. The van der Waals surface area contributed by atoms with Crippen molar-refractivity contribution in [3.8, 4) is 11.5 Å². The predicted molar refractivity (Wildman–Crippen MR) is 88.8 cm³/mol. The van der Waals surface area contributed by atoms with Gasteiger partial charge in [-0.2, -0.15) is 0 Å². The largest absolute Gasteiger partial charge is 0.497 e. The summed E-state index contributed by atoms with van der Waals surface area (Å²) in [6.45, 7) is 0. The van der Waals surface area contributed by atoms with Crippen molar-refractivity contribution in [2.75, 3.05) is 19.2 Å². The Morgan fingerprint density at radius 2 is 1.87 bits per heavy atom. The lowest BCUT2D eigenvalue weighted by Crippen LogP contribution is -2.40. The zero-order valence-electron chi connectivity index (χ0n) is 13.1. The van der Waals surface area contributed by atoms with Crippen LogP contribution in [-0.4, -0.2) is 20.1 Å². The Kier molecular flexibility index (Phi) is 4.19. The number of allylic oxidation sites excluding steroid dienone is 1. The maximum Gasteiger partial charge on any atom is 0.270 e. The van der Waals surface area contributed by atoms with Crippen molar-refractivity contribution in [1.82, 2.24) is 5.43 Å². The van der Waals surface area contributed by atoms with Crippen molar-refractivity contribution in [3.05, 3.63) is 65.9 Å². The molecular weight excluding hydrogens is 292 g/mol. The highest BCUT2D eigenvalue weighted by Gasteiger charge is 2.19. The van der Waals surface area contributed by atoms with E-state index in [9.17, 15) is 4.79 Å². The molecule has 5 heteroatoms. The highest BCUT2D eigenvalue weighted by molar-refractivity contribution is 5.95. The Balaban J connectivity index is 1.84. The number of ether oxygens (including phenoxy) is 2. The van der Waals surface area contributed by atoms with Gasteiger partial charge < -0.3 is 9.47 Å². The fourth-order valence-corrected chi connectivity index (χ4v) is 2.54. The van der Waals surface area contributed by atoms with E-state index in [4.69, 9.17) is 9.47 Å². The second-order valence-electron chi connectivity index (χ2n) is 5.10. The lowest BCUT2D eigenvalue weighted by Gasteiger charge is -2.28. The third kappa shape index (κ3) is 2.99. The fourth-order valence-electron chi connectivity index (χ4n) is 2.54. The third-order valence-electron chi connectivity index (χ3n) is 3.71. The number of amides is 1. The van der Waals surface area contributed by atoms with Gasteiger partial charge in [0.1, 0.15) is 17.2 Å². The topological polar surface area (TPSA) is 50.8 Å². The minimum Gasteiger partial charge on any atom is -0.497 e. The molecule has 1 N–H and O–H groups in total. The zero-order valence-corrected chi connectivity index (χ0v) is 13.1. The molecular formula is C18H18N2O3. The van der Waals surface area contributed by atoms with Crippen LogP contribution in [0.4, 0.5) is 5.69 Å². The average Bonchev–Trinajstić information content (AvgIpc) is 2.61. The molecule has 23 heavy (non-hydrogen) atoms. The molecule has 3 rings (SSSR count). The van der Waals surface area contributed by atoms with Crippen molar-refractivity contribution in [2.45, 2.75) is 6.42 Å². The Hall–Kier alpha value is -2.95. The molecule has 5 nitrogen and oxygen atoms in total. The Morgan fingerprint density at radius 3 is 2.57 bits per heavy atom. The van der Waals surface area contributed by atoms with Crippen LogP contribution in [0.15, 0.2) is 54.7 Å². The van der Waals surface area contributed by atoms with Gasteiger partial charge in [0.2, 0.25) is 0 Å². The molecule has 0 spiro atoms. The van der Waals surface area contributed by atoms with Gasteiger partial charge in [0.05, 0.1) is 14.2 Å². The summed E-state index contributed by atoms with van der Waals surface area (Å²) in [6.07, 6.45) is 4.64. The van der Waals surface area contributed by atoms with Gasteiger partial charge in [-0.1, -0.05) is 18.2 Å². The van der Waals surface area contributed by atoms with Crippen LogP contribution < -0.4 is 19.9 Å². The van der Waals surface area contributed by atoms with Crippen LogP contribution >= 0.6 is 0 Å². The van der Waals surface area contributed by atoms with Crippen molar-refractivity contribution >= 4 is 11.6 Å². The molecule has 1 aliphatic rings. The summed E-state index contributed by atoms with van der Waals surface area (Å²) in [6, 6.07) is 12.8. The number of rotatable bonds is 4. The SMILES string of the molecule is COc1ccc(C(=O)NN2C=CCc3cccc(OC)c32)cc1. The van der Waals surface area contributed by atoms with Gasteiger partial charge in [0, 0.05) is 11.8 Å². The number of nitrogens with zero attached hydrogens (tertiary/aromatic N) is 1. The number of hydrogen-bond acceptors (Lipinski definition) is 4. The van der Waals surface area contributed by atoms with Gasteiger partial charge in [-0.15, -0.1) is 0 Å². The molecule has 1 amide bonds. The molecule has 0 bridgehead atoms. The lowest BCUT2D eigenvalue weighted by molar-refractivity contribution is 0.0953. The number of hydrazine groups is 1. The summed E-state index contributed by atoms with van der Waals surface area (Å²) >= 11 is 0. The Bertz CT molecular complexity index is 738. The summed E-state index contributed by atoms with van der Waals surface area (Å²) in [5.41, 5.74) is 5.41. The van der Waals surface area contributed by atoms with E-state index in [1.165, 1.54) is 0 Å². The summed E-state index contributed by atoms with van der Waals surface area (Å²) in [4.78, 5) is 12.5. The van der Waals surface area contributed by atoms with Crippen LogP contribution in [0.1, 0.15) is 15.9 Å². The molecule has 0 unspecified atom stereocenters. The molecule has 118 valence electrons. The van der Waals surface area contributed by atoms with E-state index in [-0.39, 0.29) is 5.91 Å². The first-order valence-electron chi connectivity index (χ1n) is 7.29. The third-order valence-corrected chi connectivity index (χ3v) is 3.71. The number of para-hydroxylation sites is 1. The highest BCUT2D eigenvalue weighted by Crippen LogP contribution is 2.34. The van der Waals surface area contributed by atoms with E-state index in [1.807, 2.05) is 30.5 Å². The summed E-state index contributed by atoms with van der Waals surface area (Å²) < 4.78 is 10.5. The zero-order chi connectivity index (χ0) is 16.2. The van der Waals surface area contributed by atoms with Crippen molar-refractivity contribution < 1.29 is 14.3 Å². The van der Waals surface area contributed by atoms with Crippen LogP contribution in [0.2, 0.25) is 0 Å². The minimum atomic E-state index is -0.198. The molecule has 0 saturated heterocycles. The molecule has 0 fully saturated rings. The van der Waals surface area contributed by atoms with E-state index in [0.29, 0.717) is 11.3 Å². The van der Waals surface area contributed by atoms with Crippen molar-refractivity contribution in [3.63, 3.8) is 0 Å². The minimum absolute atomic E-state index is 0.198. The molecule has 1 aliphatic heterocycles. The van der Waals surface area contributed by atoms with Crippen LogP contribution in [0, 0.1) is 0 Å². The molecule has 2 aromatic carbocycles. The maximum atomic E-state index is 12.5. The van der Waals surface area contributed by atoms with E-state index in [1.54, 1.807) is 43.5 Å². The maximum absolute atomic E-state index is 12.5. The molecule has 0 saturated carbocycles. The van der Waals surface area contributed by atoms with Gasteiger partial charge in [-0.25, -0.2) is 0 Å². The van der Waals surface area contributed by atoms with Gasteiger partial charge in [0.25, 0.3) is 5.91 Å². The normalized spacial score (nSPS) is 12.5. The second kappa shape index (κ2) is 6.44. The molecule has 2 aromatic rings. The molecule has 0 atom stereocenters. The van der Waals surface area contributed by atoms with Gasteiger partial charge >= 0.3 is 0 Å². The highest BCUT2D eigenvalue weighted by atomic mass is 16.5. The summed E-state index contributed by atoms with van der Waals surface area (Å²) in [5, 5.41) is 1.70. The monoisotopic (exact) mass is 310 g/mol. The predicted octanol–water partition coefficient (Wildman–Crippen LogP) is 2.93. The number of fused-ring (bicyclic) bond motifs is 1. The second-order valence-corrected chi connectivity index (χ2v) is 5.10. The number of carbonyl (C=O) groups excluding carboxylic acids is 1. The van der Waals surface area contributed by atoms with Crippen LogP contribution in [0.25, 0.3) is 0 Å². The molecule has 0 radical (unpaired) electrons. The van der Waals surface area contributed by atoms with Gasteiger partial charge in [-0.05, 0) is 42.3 Å². The Labute approximate surface area is 135 Å². The number of hydrogen-bond donors (Lipinski definition) is 1. The van der Waals surface area contributed by atoms with E-state index in [0.717, 1.165) is 23.4 Å². The smallest absolute Gasteiger partial charge is 0.270 e. The summed E-state index contributed by atoms with van der Waals surface area (Å²) in [5.74, 6) is 1.24. The molecule has 0 aliphatic carbocycles. The number of methoxy groups -OCH3 is 2. The van der Waals surface area contributed by atoms with E-state index in [2.05, 4.69) is 5.43 Å². The molecule has 1 heterocycles. The van der Waals surface area contributed by atoms with E-state index < -0.39 is 0 Å². The van der Waals surface area contributed by atoms with Gasteiger partial charge in [-0.3, -0.25) is 15.2 Å². The van der Waals surface area contributed by atoms with Crippen molar-refractivity contribution in [2.24, 2.45) is 0 Å². The average molecular weight is 310 g/mol. The van der Waals surface area contributed by atoms with Crippen molar-refractivity contribution in [1.29, 1.82) is 0 Å². The Morgan fingerprint density at radius 1 is 1.09 bits per heavy atom. The first-order valence-corrected chi connectivity index (χ1v) is 7.29. The van der Waals surface area contributed by atoms with Crippen LogP contribution in [-0.2, 0) is 6.42 Å². The number of benzene rings is 2. The number of anilines is 1. The fraction of sp³-hybridized carbons (Fsp3) is 0.167. The standard InChI is InChI=1S/C18H18N2O3/c1-22-15-10-8-14(9-11-15)18(21)19-20-12-4-6-13-5-3-7-16(23-2)17(13)20/h3-5,7-12H,6H2,1-2H3,(H,19,21). The van der Waals surface area contributed by atoms with Crippen LogP contribution in [0.5, 0.6) is 11.5 Å². The first kappa shape index (κ1) is 15.0. The lowest BCUT2D eigenvalue weighted by atomic mass is 10.1. The van der Waals surface area contributed by atoms with E-state index >= 15 is 0 Å². The van der Waals surface area contributed by atoms with Gasteiger partial charge in [0.15, 0.2) is 0 Å². The summed E-state index contributed by atoms with van der Waals surface area (Å²) in [7, 11) is 3.22. The first-order chi connectivity index (χ1) is 11.2. The number of nitrogens with one attached hydrogen (secondary N) is 1.